The number of amides is 1. The van der Waals surface area contributed by atoms with E-state index in [0.29, 0.717) is 25.1 Å². The van der Waals surface area contributed by atoms with Crippen LogP contribution in [0.5, 0.6) is 0 Å². The number of hydrogen-bond donors (Lipinski definition) is 1. The average molecular weight is 401 g/mol. The fraction of sp³-hybridized carbons (Fsp3) is 0.208. The first-order chi connectivity index (χ1) is 14.6. The second-order valence-corrected chi connectivity index (χ2v) is 7.42. The molecule has 1 amide bonds. The van der Waals surface area contributed by atoms with E-state index in [4.69, 9.17) is 0 Å². The minimum Gasteiger partial charge on any atom is -0.507 e. The Morgan fingerprint density at radius 3 is 2.43 bits per heavy atom. The quantitative estimate of drug-likeness (QED) is 0.388. The van der Waals surface area contributed by atoms with Gasteiger partial charge in [-0.1, -0.05) is 60.2 Å². The Morgan fingerprint density at radius 1 is 1.03 bits per heavy atom. The van der Waals surface area contributed by atoms with Crippen LogP contribution in [-0.2, 0) is 16.1 Å². The number of imidazole rings is 1. The van der Waals surface area contributed by atoms with Crippen molar-refractivity contribution < 1.29 is 14.7 Å². The lowest BCUT2D eigenvalue weighted by atomic mass is 9.95. The van der Waals surface area contributed by atoms with Gasteiger partial charge in [-0.2, -0.15) is 0 Å². The maximum Gasteiger partial charge on any atom is 0.295 e. The third-order valence-electron chi connectivity index (χ3n) is 5.35. The van der Waals surface area contributed by atoms with Crippen molar-refractivity contribution in [2.24, 2.45) is 0 Å². The van der Waals surface area contributed by atoms with Crippen LogP contribution in [0.2, 0.25) is 0 Å². The number of aliphatic hydroxyl groups is 1. The highest BCUT2D eigenvalue weighted by atomic mass is 16.3. The summed E-state index contributed by atoms with van der Waals surface area (Å²) in [5, 5.41) is 11.0. The highest BCUT2D eigenvalue weighted by Gasteiger charge is 2.45. The second kappa shape index (κ2) is 8.37. The molecule has 1 aliphatic heterocycles. The number of benzene rings is 2. The monoisotopic (exact) mass is 401 g/mol. The van der Waals surface area contributed by atoms with Crippen LogP contribution in [0, 0.1) is 6.92 Å². The van der Waals surface area contributed by atoms with Gasteiger partial charge in [-0.25, -0.2) is 4.98 Å². The molecular weight excluding hydrogens is 378 g/mol. The third kappa shape index (κ3) is 3.76. The molecule has 1 unspecified atom stereocenters. The molecule has 0 bridgehead atoms. The van der Waals surface area contributed by atoms with Crippen LogP contribution >= 0.6 is 0 Å². The second-order valence-electron chi connectivity index (χ2n) is 7.42. The summed E-state index contributed by atoms with van der Waals surface area (Å²) in [5.74, 6) is -1.37. The van der Waals surface area contributed by atoms with E-state index in [1.54, 1.807) is 29.6 Å². The lowest BCUT2D eigenvalue weighted by molar-refractivity contribution is -0.139. The minimum absolute atomic E-state index is 0.137. The summed E-state index contributed by atoms with van der Waals surface area (Å²) in [6.45, 7) is 3.03. The largest absolute Gasteiger partial charge is 0.507 e. The number of Topliss-reactive ketones (excluding diaryl/α,β-unsaturated/α-hetero) is 1. The summed E-state index contributed by atoms with van der Waals surface area (Å²) in [6, 6.07) is 16.0. The van der Waals surface area contributed by atoms with Crippen LogP contribution in [0.4, 0.5) is 0 Å². The molecule has 0 aliphatic carbocycles. The standard InChI is InChI=1S/C24H23N3O3/c1-17-8-10-19(11-9-17)22(28)20-21(18-6-3-2-4-7-18)27(24(30)23(20)29)14-5-13-26-15-12-25-16-26/h2-4,6-12,15-16,21,28H,5,13-14H2,1H3. The van der Waals surface area contributed by atoms with E-state index < -0.39 is 17.7 Å². The molecule has 30 heavy (non-hydrogen) atoms. The molecule has 6 nitrogen and oxygen atoms in total. The highest BCUT2D eigenvalue weighted by molar-refractivity contribution is 6.46. The molecule has 1 saturated heterocycles. The Morgan fingerprint density at radius 2 is 1.77 bits per heavy atom. The van der Waals surface area contributed by atoms with Crippen LogP contribution in [0.25, 0.3) is 5.76 Å². The normalized spacial score (nSPS) is 18.2. The molecule has 2 aromatic carbocycles. The molecule has 4 rings (SSSR count). The van der Waals surface area contributed by atoms with Gasteiger partial charge >= 0.3 is 0 Å². The number of carbonyl (C=O) groups excluding carboxylic acids is 2. The summed E-state index contributed by atoms with van der Waals surface area (Å²) >= 11 is 0. The molecule has 3 aromatic rings. The molecule has 2 heterocycles. The summed E-state index contributed by atoms with van der Waals surface area (Å²) in [7, 11) is 0. The van der Waals surface area contributed by atoms with E-state index in [9.17, 15) is 14.7 Å². The molecule has 1 aliphatic rings. The van der Waals surface area contributed by atoms with Gasteiger partial charge < -0.3 is 14.6 Å². The maximum absolute atomic E-state index is 12.9. The molecule has 0 saturated carbocycles. The van der Waals surface area contributed by atoms with Gasteiger partial charge in [0.05, 0.1) is 17.9 Å². The third-order valence-corrected chi connectivity index (χ3v) is 5.35. The number of aryl methyl sites for hydroxylation is 2. The van der Waals surface area contributed by atoms with Crippen LogP contribution in [0.1, 0.15) is 29.2 Å². The van der Waals surface area contributed by atoms with Gasteiger partial charge in [0, 0.05) is 31.0 Å². The van der Waals surface area contributed by atoms with E-state index >= 15 is 0 Å². The van der Waals surface area contributed by atoms with Crippen molar-refractivity contribution in [1.82, 2.24) is 14.5 Å². The number of nitrogens with zero attached hydrogens (tertiary/aromatic N) is 3. The van der Waals surface area contributed by atoms with E-state index in [1.807, 2.05) is 60.2 Å². The highest BCUT2D eigenvalue weighted by Crippen LogP contribution is 2.39. The molecule has 6 heteroatoms. The van der Waals surface area contributed by atoms with Crippen LogP contribution < -0.4 is 0 Å². The Kier molecular flexibility index (Phi) is 5.48. The molecule has 1 fully saturated rings. The Bertz CT molecular complexity index is 1070. The molecular formula is C24H23N3O3. The first-order valence-corrected chi connectivity index (χ1v) is 9.92. The lowest BCUT2D eigenvalue weighted by Crippen LogP contribution is -2.31. The van der Waals surface area contributed by atoms with Gasteiger partial charge in [-0.15, -0.1) is 0 Å². The maximum atomic E-state index is 12.9. The number of ketones is 1. The number of aromatic nitrogens is 2. The average Bonchev–Trinajstić information content (AvgIpc) is 3.37. The van der Waals surface area contributed by atoms with Crippen LogP contribution in [-0.4, -0.2) is 37.8 Å². The molecule has 1 atom stereocenters. The van der Waals surface area contributed by atoms with Crippen molar-refractivity contribution in [3.05, 3.63) is 95.6 Å². The van der Waals surface area contributed by atoms with E-state index in [0.717, 1.165) is 11.1 Å². The number of likely N-dealkylation sites (tertiary alicyclic amines) is 1. The predicted molar refractivity (Wildman–Crippen MR) is 113 cm³/mol. The Balaban J connectivity index is 1.71. The topological polar surface area (TPSA) is 75.4 Å². The number of aliphatic hydroxyl groups excluding tert-OH is 1. The smallest absolute Gasteiger partial charge is 0.295 e. The van der Waals surface area contributed by atoms with Crippen LogP contribution in [0.15, 0.2) is 78.9 Å². The first kappa shape index (κ1) is 19.6. The Hall–Kier alpha value is -3.67. The van der Waals surface area contributed by atoms with Crippen molar-refractivity contribution in [3.8, 4) is 0 Å². The predicted octanol–water partition coefficient (Wildman–Crippen LogP) is 3.70. The fourth-order valence-corrected chi connectivity index (χ4v) is 3.80. The molecule has 1 aromatic heterocycles. The van der Waals surface area contributed by atoms with Crippen molar-refractivity contribution in [2.75, 3.05) is 6.54 Å². The number of carbonyl (C=O) groups is 2. The Labute approximate surface area is 175 Å². The molecule has 1 N–H and O–H groups in total. The first-order valence-electron chi connectivity index (χ1n) is 9.92. The van der Waals surface area contributed by atoms with Gasteiger partial charge in [0.2, 0.25) is 0 Å². The van der Waals surface area contributed by atoms with Crippen molar-refractivity contribution in [1.29, 1.82) is 0 Å². The SMILES string of the molecule is Cc1ccc(C(O)=C2C(=O)C(=O)N(CCCn3ccnc3)C2c2ccccc2)cc1. The molecule has 0 radical (unpaired) electrons. The zero-order chi connectivity index (χ0) is 21.1. The summed E-state index contributed by atoms with van der Waals surface area (Å²) in [5.41, 5.74) is 2.51. The van der Waals surface area contributed by atoms with E-state index in [-0.39, 0.29) is 11.3 Å². The van der Waals surface area contributed by atoms with Gasteiger partial charge in [-0.3, -0.25) is 9.59 Å². The van der Waals surface area contributed by atoms with Gasteiger partial charge in [0.1, 0.15) is 5.76 Å². The molecule has 152 valence electrons. The summed E-state index contributed by atoms with van der Waals surface area (Å²) in [4.78, 5) is 31.4. The fourth-order valence-electron chi connectivity index (χ4n) is 3.80. The number of hydrogen-bond acceptors (Lipinski definition) is 4. The zero-order valence-corrected chi connectivity index (χ0v) is 16.7. The van der Waals surface area contributed by atoms with Gasteiger partial charge in [-0.05, 0) is 18.9 Å². The number of rotatable bonds is 6. The van der Waals surface area contributed by atoms with Crippen molar-refractivity contribution in [3.63, 3.8) is 0 Å². The van der Waals surface area contributed by atoms with Crippen molar-refractivity contribution in [2.45, 2.75) is 25.9 Å². The van der Waals surface area contributed by atoms with E-state index in [2.05, 4.69) is 4.98 Å². The van der Waals surface area contributed by atoms with Gasteiger partial charge in [0.25, 0.3) is 11.7 Å². The van der Waals surface area contributed by atoms with Gasteiger partial charge in [0.15, 0.2) is 0 Å². The van der Waals surface area contributed by atoms with Crippen molar-refractivity contribution >= 4 is 17.4 Å². The lowest BCUT2D eigenvalue weighted by Gasteiger charge is -2.25. The van der Waals surface area contributed by atoms with E-state index in [1.165, 1.54) is 0 Å². The summed E-state index contributed by atoms with van der Waals surface area (Å²) in [6.07, 6.45) is 5.95. The minimum atomic E-state index is -0.649. The zero-order valence-electron chi connectivity index (χ0n) is 16.7. The summed E-state index contributed by atoms with van der Waals surface area (Å²) < 4.78 is 1.93. The molecule has 0 spiro atoms. The van der Waals surface area contributed by atoms with Crippen LogP contribution in [0.3, 0.4) is 0 Å².